The molecule has 0 aromatic heterocycles. The van der Waals surface area contributed by atoms with Crippen LogP contribution in [0.2, 0.25) is 0 Å². The Morgan fingerprint density at radius 1 is 0.913 bits per heavy atom. The van der Waals surface area contributed by atoms with E-state index in [9.17, 15) is 28.7 Å². The van der Waals surface area contributed by atoms with Gasteiger partial charge < -0.3 is 9.84 Å². The summed E-state index contributed by atoms with van der Waals surface area (Å²) in [5.74, 6) is -6.43. The number of alkyl halides is 2. The molecule has 1 N–H and O–H groups in total. The summed E-state index contributed by atoms with van der Waals surface area (Å²) in [6, 6.07) is 16.0. The van der Waals surface area contributed by atoms with Gasteiger partial charge in [0, 0.05) is 17.5 Å². The van der Waals surface area contributed by atoms with Gasteiger partial charge in [-0.15, -0.1) is 23.2 Å². The highest BCUT2D eigenvalue weighted by atomic mass is 35.5. The lowest BCUT2D eigenvalue weighted by Crippen LogP contribution is -2.60. The van der Waals surface area contributed by atoms with Gasteiger partial charge in [0.15, 0.2) is 9.75 Å². The number of hydrogen-bond donors (Lipinski definition) is 1. The lowest BCUT2D eigenvalue weighted by atomic mass is 9.56. The number of carbonyl (C=O) groups is 4. The van der Waals surface area contributed by atoms with Crippen molar-refractivity contribution in [3.8, 4) is 11.5 Å². The van der Waals surface area contributed by atoms with Gasteiger partial charge in [0.25, 0.3) is 11.8 Å². The minimum Gasteiger partial charge on any atom is -0.508 e. The van der Waals surface area contributed by atoms with E-state index in [1.807, 2.05) is 6.08 Å². The van der Waals surface area contributed by atoms with Crippen molar-refractivity contribution in [1.82, 2.24) is 0 Å². The van der Waals surface area contributed by atoms with Crippen molar-refractivity contribution in [1.29, 1.82) is 0 Å². The maximum absolute atomic E-state index is 14.5. The second kappa shape index (κ2) is 10.5. The molecule has 0 spiro atoms. The number of benzene rings is 3. The van der Waals surface area contributed by atoms with Crippen molar-refractivity contribution < 1.29 is 33.4 Å². The van der Waals surface area contributed by atoms with Gasteiger partial charge in [-0.05, 0) is 66.8 Å². The summed E-state index contributed by atoms with van der Waals surface area (Å²) in [7, 11) is 1.39. The van der Waals surface area contributed by atoms with E-state index >= 15 is 0 Å². The van der Waals surface area contributed by atoms with E-state index in [0.29, 0.717) is 16.8 Å². The van der Waals surface area contributed by atoms with E-state index in [2.05, 4.69) is 6.58 Å². The van der Waals surface area contributed by atoms with E-state index in [0.717, 1.165) is 22.6 Å². The third kappa shape index (κ3) is 3.97. The molecule has 7 rings (SSSR count). The largest absolute Gasteiger partial charge is 0.508 e. The van der Waals surface area contributed by atoms with Crippen molar-refractivity contribution in [2.24, 2.45) is 17.8 Å². The average molecular weight is 662 g/mol. The molecule has 2 saturated heterocycles. The zero-order valence-corrected chi connectivity index (χ0v) is 26.0. The Morgan fingerprint density at radius 3 is 2.22 bits per heavy atom. The molecule has 2 aliphatic carbocycles. The molecule has 8 nitrogen and oxygen atoms in total. The van der Waals surface area contributed by atoms with Gasteiger partial charge in [-0.2, -0.15) is 0 Å². The van der Waals surface area contributed by atoms with Crippen LogP contribution in [-0.2, 0) is 19.2 Å². The molecule has 2 heterocycles. The number of hydrogen-bond acceptors (Lipinski definition) is 6. The number of allylic oxidation sites excluding steroid dienone is 2. The molecule has 0 bridgehead atoms. The number of halogens is 3. The zero-order chi connectivity index (χ0) is 32.7. The number of imide groups is 2. The highest BCUT2D eigenvalue weighted by Crippen LogP contribution is 2.66. The molecule has 234 valence electrons. The van der Waals surface area contributed by atoms with Crippen molar-refractivity contribution in [3.05, 3.63) is 102 Å². The smallest absolute Gasteiger partial charge is 0.258 e. The Labute approximate surface area is 273 Å². The quantitative estimate of drug-likeness (QED) is 0.206. The Hall–Kier alpha value is -4.47. The minimum atomic E-state index is -2.12. The predicted molar refractivity (Wildman–Crippen MR) is 170 cm³/mol. The molecule has 4 amide bonds. The van der Waals surface area contributed by atoms with Crippen LogP contribution in [0.3, 0.4) is 0 Å². The van der Waals surface area contributed by atoms with Gasteiger partial charge in [0.1, 0.15) is 17.3 Å². The topological polar surface area (TPSA) is 104 Å². The van der Waals surface area contributed by atoms with Crippen LogP contribution in [0, 0.1) is 23.6 Å². The number of nitrogens with zero attached hydrogens (tertiary/aromatic N) is 2. The Bertz CT molecular complexity index is 1880. The first-order chi connectivity index (χ1) is 22.0. The fraction of sp³-hybridized carbons (Fsp3) is 0.257. The highest BCUT2D eigenvalue weighted by molar-refractivity contribution is 6.58. The summed E-state index contributed by atoms with van der Waals surface area (Å²) in [5, 5.41) is 10.3. The molecule has 0 radical (unpaired) electrons. The predicted octanol–water partition coefficient (Wildman–Crippen LogP) is 5.95. The van der Waals surface area contributed by atoms with Gasteiger partial charge >= 0.3 is 0 Å². The van der Waals surface area contributed by atoms with Crippen molar-refractivity contribution in [3.63, 3.8) is 0 Å². The number of aromatic hydroxyl groups is 1. The summed E-state index contributed by atoms with van der Waals surface area (Å²) in [6.07, 6.45) is 3.44. The third-order valence-corrected chi connectivity index (χ3v) is 11.2. The standard InChI is InChI=1S/C35H27Cl2FN2O6/c1-3-18-4-8-20(9-5-18)39-30(42)25-15-14-23-26(28(25)31(39)43)17-34(36)32(44)40(21-10-6-19(38)7-11-21)33(45)35(34,37)29(23)24-13-12-22(41)16-27(24)46-2/h3-14,16,25-26,28-29,41H,1,15,17H2,2H3/t25-,26+,28-,29+,34+,35-/m0/s1. The molecule has 46 heavy (non-hydrogen) atoms. The summed E-state index contributed by atoms with van der Waals surface area (Å²) in [5.41, 5.74) is 2.25. The zero-order valence-electron chi connectivity index (χ0n) is 24.5. The van der Waals surface area contributed by atoms with Gasteiger partial charge in [-0.3, -0.25) is 24.1 Å². The van der Waals surface area contributed by atoms with Crippen molar-refractivity contribution in [2.45, 2.75) is 28.5 Å². The van der Waals surface area contributed by atoms with Crippen LogP contribution in [-0.4, -0.2) is 45.6 Å². The summed E-state index contributed by atoms with van der Waals surface area (Å²) in [6.45, 7) is 3.75. The number of ether oxygens (including phenoxy) is 1. The number of fused-ring (bicyclic) bond motifs is 4. The van der Waals surface area contributed by atoms with E-state index in [4.69, 9.17) is 27.9 Å². The van der Waals surface area contributed by atoms with Gasteiger partial charge in [-0.1, -0.05) is 42.5 Å². The van der Waals surface area contributed by atoms with Crippen LogP contribution >= 0.6 is 23.2 Å². The second-order valence-electron chi connectivity index (χ2n) is 12.0. The molecule has 1 saturated carbocycles. The molecule has 2 aliphatic heterocycles. The lowest BCUT2D eigenvalue weighted by molar-refractivity contribution is -0.125. The molecule has 0 unspecified atom stereocenters. The Kier molecular flexibility index (Phi) is 6.92. The average Bonchev–Trinajstić information content (AvgIpc) is 3.39. The van der Waals surface area contributed by atoms with E-state index in [-0.39, 0.29) is 35.9 Å². The Balaban J connectivity index is 1.40. The molecule has 3 fully saturated rings. The van der Waals surface area contributed by atoms with Gasteiger partial charge in [0.2, 0.25) is 11.8 Å². The number of amides is 4. The van der Waals surface area contributed by atoms with Crippen LogP contribution < -0.4 is 14.5 Å². The molecular formula is C35H27Cl2FN2O6. The second-order valence-corrected chi connectivity index (χ2v) is 13.2. The Morgan fingerprint density at radius 2 is 1.57 bits per heavy atom. The molecule has 4 aliphatic rings. The van der Waals surface area contributed by atoms with Gasteiger partial charge in [-0.25, -0.2) is 9.29 Å². The summed E-state index contributed by atoms with van der Waals surface area (Å²) in [4.78, 5) is 54.7. The first kappa shape index (κ1) is 30.2. The van der Waals surface area contributed by atoms with Crippen LogP contribution in [0.4, 0.5) is 15.8 Å². The normalized spacial score (nSPS) is 30.1. The highest BCUT2D eigenvalue weighted by Gasteiger charge is 2.77. The van der Waals surface area contributed by atoms with Gasteiger partial charge in [0.05, 0.1) is 30.3 Å². The lowest BCUT2D eigenvalue weighted by Gasteiger charge is -2.50. The number of anilines is 2. The minimum absolute atomic E-state index is 0.0818. The van der Waals surface area contributed by atoms with Crippen LogP contribution in [0.25, 0.3) is 6.08 Å². The summed E-state index contributed by atoms with van der Waals surface area (Å²) >= 11 is 14.8. The maximum atomic E-state index is 14.5. The first-order valence-corrected chi connectivity index (χ1v) is 15.4. The fourth-order valence-electron chi connectivity index (χ4n) is 7.70. The van der Waals surface area contributed by atoms with Crippen LogP contribution in [0.1, 0.15) is 29.9 Å². The van der Waals surface area contributed by atoms with E-state index in [1.54, 1.807) is 36.4 Å². The molecule has 3 aromatic rings. The number of carbonyl (C=O) groups excluding carboxylic acids is 4. The molecule has 6 atom stereocenters. The summed E-state index contributed by atoms with van der Waals surface area (Å²) < 4.78 is 19.5. The fourth-order valence-corrected chi connectivity index (χ4v) is 8.62. The number of methoxy groups -OCH3 is 1. The number of phenols is 1. The van der Waals surface area contributed by atoms with Crippen molar-refractivity contribution >= 4 is 64.3 Å². The first-order valence-electron chi connectivity index (χ1n) is 14.7. The van der Waals surface area contributed by atoms with Crippen molar-refractivity contribution in [2.75, 3.05) is 16.9 Å². The van der Waals surface area contributed by atoms with Crippen LogP contribution in [0.15, 0.2) is 85.0 Å². The molecule has 3 aromatic carbocycles. The van der Waals surface area contributed by atoms with E-state index in [1.165, 1.54) is 36.3 Å². The molecular weight excluding hydrogens is 634 g/mol. The monoisotopic (exact) mass is 660 g/mol. The third-order valence-electron chi connectivity index (χ3n) is 9.81. The SMILES string of the molecule is C=Cc1ccc(N2C(=O)[C@H]3[C@H](CC=C4[C@H]3C[C@@]3(Cl)C(=O)N(c5ccc(F)cc5)C(=O)[C@@]3(Cl)[C@H]4c3ccc(O)cc3OC)C2=O)cc1. The molecule has 11 heteroatoms. The van der Waals surface area contributed by atoms with Crippen LogP contribution in [0.5, 0.6) is 11.5 Å². The van der Waals surface area contributed by atoms with E-state index < -0.39 is 57.0 Å². The number of rotatable bonds is 5. The number of phenolic OH excluding ortho intramolecular Hbond substituents is 1. The maximum Gasteiger partial charge on any atom is 0.258 e.